The molecule has 0 heterocycles. The molecular formula is C21H18N2O4. The Balaban J connectivity index is 1.70. The molecule has 0 aliphatic heterocycles. The lowest BCUT2D eigenvalue weighted by molar-refractivity contribution is -0.384. The van der Waals surface area contributed by atoms with Crippen molar-refractivity contribution in [2.75, 3.05) is 5.32 Å². The summed E-state index contributed by atoms with van der Waals surface area (Å²) in [5.41, 5.74) is 2.81. The summed E-state index contributed by atoms with van der Waals surface area (Å²) < 4.78 is 5.89. The number of benzene rings is 3. The molecule has 0 aromatic heterocycles. The molecule has 1 N–H and O–H groups in total. The van der Waals surface area contributed by atoms with Gasteiger partial charge in [0.25, 0.3) is 11.6 Å². The minimum atomic E-state index is -0.532. The van der Waals surface area contributed by atoms with Gasteiger partial charge in [0.15, 0.2) is 0 Å². The minimum Gasteiger partial charge on any atom is -0.457 e. The number of carbonyl (C=O) groups is 1. The average Bonchev–Trinajstić information content (AvgIpc) is 2.66. The molecule has 3 rings (SSSR count). The highest BCUT2D eigenvalue weighted by atomic mass is 16.6. The van der Waals surface area contributed by atoms with E-state index < -0.39 is 10.8 Å². The zero-order valence-electron chi connectivity index (χ0n) is 14.9. The third kappa shape index (κ3) is 4.49. The van der Waals surface area contributed by atoms with Gasteiger partial charge in [-0.2, -0.15) is 0 Å². The van der Waals surface area contributed by atoms with Gasteiger partial charge in [0, 0.05) is 23.4 Å². The number of nitrogens with zero attached hydrogens (tertiary/aromatic N) is 1. The number of aryl methyl sites for hydroxylation is 2. The van der Waals surface area contributed by atoms with Crippen molar-refractivity contribution in [2.45, 2.75) is 13.8 Å². The van der Waals surface area contributed by atoms with Crippen molar-refractivity contribution in [2.24, 2.45) is 0 Å². The average molecular weight is 362 g/mol. The van der Waals surface area contributed by atoms with Gasteiger partial charge in [-0.1, -0.05) is 18.2 Å². The van der Waals surface area contributed by atoms with Crippen LogP contribution in [0.15, 0.2) is 66.7 Å². The maximum atomic E-state index is 12.3. The molecule has 0 fully saturated rings. The van der Waals surface area contributed by atoms with Crippen molar-refractivity contribution in [3.8, 4) is 11.5 Å². The fraction of sp³-hybridized carbons (Fsp3) is 0.0952. The molecule has 1 amide bonds. The SMILES string of the molecule is Cc1ccc(C)c(Oc2ccc(NC(=O)c3cccc([N+](=O)[O-])c3)cc2)c1. The molecule has 0 saturated heterocycles. The number of rotatable bonds is 5. The lowest BCUT2D eigenvalue weighted by Crippen LogP contribution is -2.11. The van der Waals surface area contributed by atoms with Crippen LogP contribution in [0.1, 0.15) is 21.5 Å². The summed E-state index contributed by atoms with van der Waals surface area (Å²) >= 11 is 0. The molecule has 0 saturated carbocycles. The van der Waals surface area contributed by atoms with Crippen molar-refractivity contribution in [3.05, 3.63) is 93.5 Å². The third-order valence-electron chi connectivity index (χ3n) is 4.00. The molecule has 6 heteroatoms. The number of anilines is 1. The Bertz CT molecular complexity index is 997. The van der Waals surface area contributed by atoms with E-state index in [0.29, 0.717) is 11.4 Å². The summed E-state index contributed by atoms with van der Waals surface area (Å²) in [6, 6.07) is 18.5. The molecule has 3 aromatic rings. The summed E-state index contributed by atoms with van der Waals surface area (Å²) in [7, 11) is 0. The molecule has 0 aliphatic rings. The number of non-ortho nitro benzene ring substituents is 1. The van der Waals surface area contributed by atoms with Crippen LogP contribution in [-0.4, -0.2) is 10.8 Å². The summed E-state index contributed by atoms with van der Waals surface area (Å²) in [5, 5.41) is 13.5. The zero-order chi connectivity index (χ0) is 19.4. The van der Waals surface area contributed by atoms with Gasteiger partial charge < -0.3 is 10.1 Å². The second kappa shape index (κ2) is 7.70. The zero-order valence-corrected chi connectivity index (χ0v) is 14.9. The number of ether oxygens (including phenoxy) is 1. The number of nitrogens with one attached hydrogen (secondary N) is 1. The van der Waals surface area contributed by atoms with E-state index in [0.717, 1.165) is 16.9 Å². The molecule has 0 bridgehead atoms. The second-order valence-electron chi connectivity index (χ2n) is 6.16. The minimum absolute atomic E-state index is 0.125. The lowest BCUT2D eigenvalue weighted by atomic mass is 10.1. The summed E-state index contributed by atoms with van der Waals surface area (Å²) in [4.78, 5) is 22.6. The molecule has 136 valence electrons. The van der Waals surface area contributed by atoms with Gasteiger partial charge in [0.2, 0.25) is 0 Å². The van der Waals surface area contributed by atoms with E-state index >= 15 is 0 Å². The molecule has 0 unspecified atom stereocenters. The second-order valence-corrected chi connectivity index (χ2v) is 6.16. The normalized spacial score (nSPS) is 10.3. The molecular weight excluding hydrogens is 344 g/mol. The smallest absolute Gasteiger partial charge is 0.270 e. The molecule has 0 atom stereocenters. The van der Waals surface area contributed by atoms with E-state index in [1.54, 1.807) is 24.3 Å². The van der Waals surface area contributed by atoms with Crippen LogP contribution in [0.5, 0.6) is 11.5 Å². The number of amides is 1. The number of carbonyl (C=O) groups excluding carboxylic acids is 1. The number of nitro groups is 1. The summed E-state index contributed by atoms with van der Waals surface area (Å²) in [6.45, 7) is 3.97. The quantitative estimate of drug-likeness (QED) is 0.496. The van der Waals surface area contributed by atoms with Crippen molar-refractivity contribution in [3.63, 3.8) is 0 Å². The maximum absolute atomic E-state index is 12.3. The Labute approximate surface area is 156 Å². The van der Waals surface area contributed by atoms with Crippen molar-refractivity contribution >= 4 is 17.3 Å². The van der Waals surface area contributed by atoms with Crippen LogP contribution >= 0.6 is 0 Å². The van der Waals surface area contributed by atoms with Crippen molar-refractivity contribution in [1.82, 2.24) is 0 Å². The monoisotopic (exact) mass is 362 g/mol. The first-order valence-electron chi connectivity index (χ1n) is 8.33. The topological polar surface area (TPSA) is 81.5 Å². The Morgan fingerprint density at radius 1 is 1.00 bits per heavy atom. The van der Waals surface area contributed by atoms with Crippen LogP contribution in [0.3, 0.4) is 0 Å². The van der Waals surface area contributed by atoms with E-state index in [-0.39, 0.29) is 11.3 Å². The molecule has 0 aliphatic carbocycles. The fourth-order valence-corrected chi connectivity index (χ4v) is 2.51. The number of nitro benzene ring substituents is 1. The molecule has 6 nitrogen and oxygen atoms in total. The predicted octanol–water partition coefficient (Wildman–Crippen LogP) is 5.26. The van der Waals surface area contributed by atoms with Crippen molar-refractivity contribution in [1.29, 1.82) is 0 Å². The van der Waals surface area contributed by atoms with Crippen LogP contribution in [-0.2, 0) is 0 Å². The van der Waals surface area contributed by atoms with Gasteiger partial charge >= 0.3 is 0 Å². The first kappa shape index (κ1) is 18.1. The van der Waals surface area contributed by atoms with E-state index in [4.69, 9.17) is 4.74 Å². The van der Waals surface area contributed by atoms with E-state index in [1.807, 2.05) is 32.0 Å². The highest BCUT2D eigenvalue weighted by Crippen LogP contribution is 2.27. The van der Waals surface area contributed by atoms with Gasteiger partial charge in [-0.3, -0.25) is 14.9 Å². The van der Waals surface area contributed by atoms with Gasteiger partial charge in [-0.15, -0.1) is 0 Å². The van der Waals surface area contributed by atoms with Crippen molar-refractivity contribution < 1.29 is 14.5 Å². The number of hydrogen-bond donors (Lipinski definition) is 1. The molecule has 0 radical (unpaired) electrons. The molecule has 3 aromatic carbocycles. The maximum Gasteiger partial charge on any atom is 0.270 e. The van der Waals surface area contributed by atoms with Crippen LogP contribution in [0.4, 0.5) is 11.4 Å². The van der Waals surface area contributed by atoms with Crippen LogP contribution in [0.25, 0.3) is 0 Å². The summed E-state index contributed by atoms with van der Waals surface area (Å²) in [5.74, 6) is 1.02. The van der Waals surface area contributed by atoms with Crippen LogP contribution in [0, 0.1) is 24.0 Å². The van der Waals surface area contributed by atoms with E-state index in [2.05, 4.69) is 5.32 Å². The first-order valence-corrected chi connectivity index (χ1v) is 8.33. The van der Waals surface area contributed by atoms with Gasteiger partial charge in [0.05, 0.1) is 4.92 Å². The lowest BCUT2D eigenvalue weighted by Gasteiger charge is -2.11. The Kier molecular flexibility index (Phi) is 5.17. The number of hydrogen-bond acceptors (Lipinski definition) is 4. The Hall–Kier alpha value is -3.67. The first-order chi connectivity index (χ1) is 12.9. The largest absolute Gasteiger partial charge is 0.457 e. The van der Waals surface area contributed by atoms with Gasteiger partial charge in [-0.05, 0) is 61.4 Å². The molecule has 0 spiro atoms. The highest BCUT2D eigenvalue weighted by molar-refractivity contribution is 6.04. The van der Waals surface area contributed by atoms with E-state index in [1.165, 1.54) is 24.3 Å². The van der Waals surface area contributed by atoms with Crippen LogP contribution < -0.4 is 10.1 Å². The van der Waals surface area contributed by atoms with Crippen LogP contribution in [0.2, 0.25) is 0 Å². The Morgan fingerprint density at radius 2 is 1.74 bits per heavy atom. The fourth-order valence-electron chi connectivity index (χ4n) is 2.51. The predicted molar refractivity (Wildman–Crippen MR) is 103 cm³/mol. The third-order valence-corrected chi connectivity index (χ3v) is 4.00. The Morgan fingerprint density at radius 3 is 2.44 bits per heavy atom. The van der Waals surface area contributed by atoms with Gasteiger partial charge in [-0.25, -0.2) is 0 Å². The van der Waals surface area contributed by atoms with E-state index in [9.17, 15) is 14.9 Å². The van der Waals surface area contributed by atoms with Gasteiger partial charge in [0.1, 0.15) is 11.5 Å². The highest BCUT2D eigenvalue weighted by Gasteiger charge is 2.12. The molecule has 27 heavy (non-hydrogen) atoms. The standard InChI is InChI=1S/C21H18N2O4/c1-14-6-7-15(2)20(12-14)27-19-10-8-17(9-11-19)22-21(24)16-4-3-5-18(13-16)23(25)26/h3-13H,1-2H3,(H,22,24). The summed E-state index contributed by atoms with van der Waals surface area (Å²) in [6.07, 6.45) is 0.